The van der Waals surface area contributed by atoms with E-state index in [9.17, 15) is 9.59 Å². The number of nitrogens with one attached hydrogen (secondary N) is 2. The predicted octanol–water partition coefficient (Wildman–Crippen LogP) is 2.23. The summed E-state index contributed by atoms with van der Waals surface area (Å²) in [6.45, 7) is 0. The molecule has 0 bridgehead atoms. The standard InChI is InChI=1S/C12H13ClN2O4/c13-7-2-3-8-6(5-7)1-4-9(14-11(16)17)10(8)15-12(18)19/h2-3,5,9-10,14-15H,1,4H2,(H,16,17)(H,18,19)/t9-,10+/m0/s1. The smallest absolute Gasteiger partial charge is 0.405 e. The van der Waals surface area contributed by atoms with Crippen molar-refractivity contribution >= 4 is 23.8 Å². The third-order valence-electron chi connectivity index (χ3n) is 3.15. The van der Waals surface area contributed by atoms with Crippen LogP contribution in [0.25, 0.3) is 0 Å². The maximum atomic E-state index is 10.9. The van der Waals surface area contributed by atoms with E-state index in [0.717, 1.165) is 11.1 Å². The maximum Gasteiger partial charge on any atom is 0.405 e. The molecule has 2 rings (SSSR count). The molecule has 2 atom stereocenters. The van der Waals surface area contributed by atoms with Gasteiger partial charge in [0.1, 0.15) is 0 Å². The molecule has 6 nitrogen and oxygen atoms in total. The Balaban J connectivity index is 2.33. The molecule has 7 heteroatoms. The highest BCUT2D eigenvalue weighted by Crippen LogP contribution is 2.31. The lowest BCUT2D eigenvalue weighted by Crippen LogP contribution is -2.47. The summed E-state index contributed by atoms with van der Waals surface area (Å²) >= 11 is 5.90. The first-order valence-corrected chi connectivity index (χ1v) is 6.12. The van der Waals surface area contributed by atoms with Gasteiger partial charge >= 0.3 is 12.2 Å². The SMILES string of the molecule is O=C(O)N[C@H]1CCc2cc(Cl)ccc2[C@H]1NC(=O)O. The van der Waals surface area contributed by atoms with Crippen molar-refractivity contribution in [3.05, 3.63) is 34.3 Å². The van der Waals surface area contributed by atoms with Crippen LogP contribution < -0.4 is 10.6 Å². The number of hydrogen-bond donors (Lipinski definition) is 4. The molecule has 0 spiro atoms. The van der Waals surface area contributed by atoms with E-state index < -0.39 is 24.3 Å². The summed E-state index contributed by atoms with van der Waals surface area (Å²) in [5, 5.41) is 23.0. The van der Waals surface area contributed by atoms with Crippen LogP contribution in [0.5, 0.6) is 0 Å². The van der Waals surface area contributed by atoms with Crippen molar-refractivity contribution in [3.63, 3.8) is 0 Å². The summed E-state index contributed by atoms with van der Waals surface area (Å²) in [5.74, 6) is 0. The molecule has 0 saturated heterocycles. The van der Waals surface area contributed by atoms with Gasteiger partial charge < -0.3 is 20.8 Å². The molecule has 0 radical (unpaired) electrons. The molecular formula is C12H13ClN2O4. The van der Waals surface area contributed by atoms with E-state index in [1.807, 2.05) is 0 Å². The van der Waals surface area contributed by atoms with Crippen LogP contribution >= 0.6 is 11.6 Å². The predicted molar refractivity (Wildman–Crippen MR) is 68.6 cm³/mol. The lowest BCUT2D eigenvalue weighted by Gasteiger charge is -2.33. The highest BCUT2D eigenvalue weighted by atomic mass is 35.5. The van der Waals surface area contributed by atoms with Crippen LogP contribution in [0.4, 0.5) is 9.59 Å². The number of rotatable bonds is 2. The number of aryl methyl sites for hydroxylation is 1. The van der Waals surface area contributed by atoms with Gasteiger partial charge in [-0.3, -0.25) is 0 Å². The molecule has 1 aliphatic carbocycles. The molecule has 2 amide bonds. The normalized spacial score (nSPS) is 21.3. The van der Waals surface area contributed by atoms with Crippen LogP contribution in [0.15, 0.2) is 18.2 Å². The van der Waals surface area contributed by atoms with Crippen LogP contribution in [0.2, 0.25) is 5.02 Å². The highest BCUT2D eigenvalue weighted by Gasteiger charge is 2.31. The summed E-state index contributed by atoms with van der Waals surface area (Å²) in [6, 6.07) is 4.09. The zero-order chi connectivity index (χ0) is 14.0. The Morgan fingerprint density at radius 2 is 1.89 bits per heavy atom. The molecule has 0 fully saturated rings. The van der Waals surface area contributed by atoms with E-state index in [0.29, 0.717) is 17.9 Å². The van der Waals surface area contributed by atoms with Gasteiger partial charge in [0.15, 0.2) is 0 Å². The molecule has 1 aromatic carbocycles. The van der Waals surface area contributed by atoms with E-state index >= 15 is 0 Å². The number of carboxylic acid groups (broad SMARTS) is 2. The topological polar surface area (TPSA) is 98.7 Å². The number of hydrogen-bond acceptors (Lipinski definition) is 2. The van der Waals surface area contributed by atoms with Crippen molar-refractivity contribution in [2.45, 2.75) is 24.9 Å². The molecule has 0 aromatic heterocycles. The Kier molecular flexibility index (Phi) is 3.80. The molecule has 0 unspecified atom stereocenters. The zero-order valence-electron chi connectivity index (χ0n) is 9.89. The van der Waals surface area contributed by atoms with E-state index in [-0.39, 0.29) is 0 Å². The first-order valence-electron chi connectivity index (χ1n) is 5.74. The number of fused-ring (bicyclic) bond motifs is 1. The fourth-order valence-corrected chi connectivity index (χ4v) is 2.61. The van der Waals surface area contributed by atoms with Gasteiger partial charge in [0.05, 0.1) is 12.1 Å². The Morgan fingerprint density at radius 1 is 1.21 bits per heavy atom. The molecule has 0 saturated carbocycles. The van der Waals surface area contributed by atoms with E-state index in [1.54, 1.807) is 18.2 Å². The Labute approximate surface area is 114 Å². The number of benzene rings is 1. The van der Waals surface area contributed by atoms with Crippen LogP contribution in [0, 0.1) is 0 Å². The summed E-state index contributed by atoms with van der Waals surface area (Å²) < 4.78 is 0. The molecule has 0 heterocycles. The Hall–Kier alpha value is -1.95. The van der Waals surface area contributed by atoms with E-state index in [1.165, 1.54) is 0 Å². The molecule has 4 N–H and O–H groups in total. The second kappa shape index (κ2) is 5.36. The average Bonchev–Trinajstić information content (AvgIpc) is 2.31. The Bertz CT molecular complexity index is 520. The van der Waals surface area contributed by atoms with Crippen molar-refractivity contribution in [2.24, 2.45) is 0 Å². The number of halogens is 1. The van der Waals surface area contributed by atoms with Gasteiger partial charge in [0.25, 0.3) is 0 Å². The van der Waals surface area contributed by atoms with Gasteiger partial charge in [-0.2, -0.15) is 0 Å². The zero-order valence-corrected chi connectivity index (χ0v) is 10.6. The molecule has 19 heavy (non-hydrogen) atoms. The first kappa shape index (κ1) is 13.5. The fraction of sp³-hybridized carbons (Fsp3) is 0.333. The van der Waals surface area contributed by atoms with Crippen molar-refractivity contribution in [3.8, 4) is 0 Å². The van der Waals surface area contributed by atoms with Gasteiger partial charge in [0.2, 0.25) is 0 Å². The monoisotopic (exact) mass is 284 g/mol. The fourth-order valence-electron chi connectivity index (χ4n) is 2.41. The lowest BCUT2D eigenvalue weighted by atomic mass is 9.84. The van der Waals surface area contributed by atoms with Crippen LogP contribution in [-0.2, 0) is 6.42 Å². The second-order valence-electron chi connectivity index (χ2n) is 4.36. The molecule has 1 aromatic rings. The van der Waals surface area contributed by atoms with Gasteiger partial charge in [-0.05, 0) is 36.1 Å². The quantitative estimate of drug-likeness (QED) is 0.669. The largest absolute Gasteiger partial charge is 0.465 e. The minimum absolute atomic E-state index is 0.484. The van der Waals surface area contributed by atoms with E-state index in [4.69, 9.17) is 21.8 Å². The van der Waals surface area contributed by atoms with Crippen molar-refractivity contribution in [2.75, 3.05) is 0 Å². The molecule has 0 aliphatic heterocycles. The minimum Gasteiger partial charge on any atom is -0.465 e. The maximum absolute atomic E-state index is 10.9. The summed E-state index contributed by atoms with van der Waals surface area (Å²) in [6.07, 6.45) is -1.19. The van der Waals surface area contributed by atoms with Crippen LogP contribution in [0.3, 0.4) is 0 Å². The third kappa shape index (κ3) is 3.08. The summed E-state index contributed by atoms with van der Waals surface area (Å²) in [4.78, 5) is 21.6. The van der Waals surface area contributed by atoms with Gasteiger partial charge in [-0.25, -0.2) is 9.59 Å². The number of carbonyl (C=O) groups is 2. The number of amides is 2. The van der Waals surface area contributed by atoms with Crippen LogP contribution in [-0.4, -0.2) is 28.4 Å². The minimum atomic E-state index is -1.19. The van der Waals surface area contributed by atoms with Crippen molar-refractivity contribution in [1.82, 2.24) is 10.6 Å². The Morgan fingerprint density at radius 3 is 2.53 bits per heavy atom. The highest BCUT2D eigenvalue weighted by molar-refractivity contribution is 6.30. The van der Waals surface area contributed by atoms with Gasteiger partial charge in [-0.15, -0.1) is 0 Å². The average molecular weight is 285 g/mol. The second-order valence-corrected chi connectivity index (χ2v) is 4.80. The summed E-state index contributed by atoms with van der Waals surface area (Å²) in [7, 11) is 0. The molecular weight excluding hydrogens is 272 g/mol. The third-order valence-corrected chi connectivity index (χ3v) is 3.39. The molecule has 1 aliphatic rings. The van der Waals surface area contributed by atoms with Gasteiger partial charge in [0, 0.05) is 5.02 Å². The van der Waals surface area contributed by atoms with E-state index in [2.05, 4.69) is 10.6 Å². The van der Waals surface area contributed by atoms with Crippen molar-refractivity contribution < 1.29 is 19.8 Å². The summed E-state index contributed by atoms with van der Waals surface area (Å²) in [5.41, 5.74) is 1.70. The van der Waals surface area contributed by atoms with Gasteiger partial charge in [-0.1, -0.05) is 17.7 Å². The molecule has 102 valence electrons. The first-order chi connectivity index (χ1) is 8.97. The lowest BCUT2D eigenvalue weighted by molar-refractivity contribution is 0.172. The van der Waals surface area contributed by atoms with Crippen molar-refractivity contribution in [1.29, 1.82) is 0 Å². The van der Waals surface area contributed by atoms with Crippen LogP contribution in [0.1, 0.15) is 23.6 Å².